The number of ether oxygens (including phenoxy) is 2. The molecule has 84 valence electrons. The summed E-state index contributed by atoms with van der Waals surface area (Å²) in [7, 11) is 1.55. The summed E-state index contributed by atoms with van der Waals surface area (Å²) >= 11 is 5.95. The molecule has 0 saturated carbocycles. The van der Waals surface area contributed by atoms with E-state index in [4.69, 9.17) is 26.2 Å². The van der Waals surface area contributed by atoms with Crippen molar-refractivity contribution in [3.63, 3.8) is 0 Å². The van der Waals surface area contributed by atoms with E-state index in [0.717, 1.165) is 0 Å². The average Bonchev–Trinajstić information content (AvgIpc) is 2.17. The van der Waals surface area contributed by atoms with Gasteiger partial charge in [-0.25, -0.2) is 0 Å². The predicted octanol–water partition coefficient (Wildman–Crippen LogP) is 2.63. The van der Waals surface area contributed by atoms with E-state index in [1.54, 1.807) is 19.2 Å². The summed E-state index contributed by atoms with van der Waals surface area (Å²) in [4.78, 5) is 0. The number of halogens is 1. The van der Waals surface area contributed by atoms with E-state index in [1.165, 1.54) is 0 Å². The molecule has 0 unspecified atom stereocenters. The standard InChI is InChI=1S/C11H15ClO3/c1-7(2)15-11-5-9(12)8(6-13)4-10(11)14-3/h4-5,7,13H,6H2,1-3H3. The van der Waals surface area contributed by atoms with Crippen LogP contribution in [0.25, 0.3) is 0 Å². The molecule has 1 rings (SSSR count). The Hall–Kier alpha value is -0.930. The second kappa shape index (κ2) is 5.24. The van der Waals surface area contributed by atoms with Crippen LogP contribution in [-0.2, 0) is 6.61 Å². The van der Waals surface area contributed by atoms with Gasteiger partial charge in [0.05, 0.1) is 24.8 Å². The molecule has 0 spiro atoms. The number of hydrogen-bond acceptors (Lipinski definition) is 3. The van der Waals surface area contributed by atoms with Crippen LogP contribution in [0.3, 0.4) is 0 Å². The van der Waals surface area contributed by atoms with Crippen LogP contribution in [0, 0.1) is 0 Å². The van der Waals surface area contributed by atoms with Crippen molar-refractivity contribution in [2.75, 3.05) is 7.11 Å². The van der Waals surface area contributed by atoms with Gasteiger partial charge in [-0.05, 0) is 25.5 Å². The Kier molecular flexibility index (Phi) is 4.24. The number of aliphatic hydroxyl groups excluding tert-OH is 1. The molecule has 0 aliphatic carbocycles. The number of benzene rings is 1. The highest BCUT2D eigenvalue weighted by molar-refractivity contribution is 6.31. The van der Waals surface area contributed by atoms with Crippen LogP contribution >= 0.6 is 11.6 Å². The van der Waals surface area contributed by atoms with Gasteiger partial charge in [-0.1, -0.05) is 11.6 Å². The fourth-order valence-electron chi connectivity index (χ4n) is 1.20. The quantitative estimate of drug-likeness (QED) is 0.864. The summed E-state index contributed by atoms with van der Waals surface area (Å²) in [5.41, 5.74) is 0.629. The third kappa shape index (κ3) is 3.01. The normalized spacial score (nSPS) is 10.5. The Labute approximate surface area is 94.6 Å². The number of methoxy groups -OCH3 is 1. The Bertz CT molecular complexity index is 337. The molecule has 3 nitrogen and oxygen atoms in total. The van der Waals surface area contributed by atoms with E-state index in [1.807, 2.05) is 13.8 Å². The fourth-order valence-corrected chi connectivity index (χ4v) is 1.42. The Morgan fingerprint density at radius 3 is 2.47 bits per heavy atom. The van der Waals surface area contributed by atoms with Crippen molar-refractivity contribution in [1.29, 1.82) is 0 Å². The van der Waals surface area contributed by atoms with E-state index in [-0.39, 0.29) is 12.7 Å². The zero-order valence-electron chi connectivity index (χ0n) is 9.08. The van der Waals surface area contributed by atoms with Crippen molar-refractivity contribution in [3.05, 3.63) is 22.7 Å². The minimum Gasteiger partial charge on any atom is -0.493 e. The van der Waals surface area contributed by atoms with Gasteiger partial charge in [0.2, 0.25) is 0 Å². The van der Waals surface area contributed by atoms with Crippen molar-refractivity contribution in [2.24, 2.45) is 0 Å². The van der Waals surface area contributed by atoms with Crippen LogP contribution in [0.2, 0.25) is 5.02 Å². The molecule has 1 aromatic rings. The molecule has 0 radical (unpaired) electrons. The van der Waals surface area contributed by atoms with Gasteiger partial charge in [-0.3, -0.25) is 0 Å². The number of hydrogen-bond donors (Lipinski definition) is 1. The molecular weight excluding hydrogens is 216 g/mol. The maximum absolute atomic E-state index is 9.03. The molecule has 4 heteroatoms. The van der Waals surface area contributed by atoms with Crippen LogP contribution in [0.4, 0.5) is 0 Å². The van der Waals surface area contributed by atoms with Gasteiger partial charge >= 0.3 is 0 Å². The third-order valence-corrected chi connectivity index (χ3v) is 2.22. The first-order valence-corrected chi connectivity index (χ1v) is 5.10. The first-order chi connectivity index (χ1) is 7.08. The van der Waals surface area contributed by atoms with E-state index in [2.05, 4.69) is 0 Å². The highest BCUT2D eigenvalue weighted by Gasteiger charge is 2.10. The summed E-state index contributed by atoms with van der Waals surface area (Å²) in [6, 6.07) is 3.34. The third-order valence-electron chi connectivity index (χ3n) is 1.87. The van der Waals surface area contributed by atoms with Crippen molar-refractivity contribution in [3.8, 4) is 11.5 Å². The second-order valence-corrected chi connectivity index (χ2v) is 3.83. The molecule has 0 amide bonds. The zero-order chi connectivity index (χ0) is 11.4. The largest absolute Gasteiger partial charge is 0.493 e. The highest BCUT2D eigenvalue weighted by atomic mass is 35.5. The Morgan fingerprint density at radius 1 is 1.33 bits per heavy atom. The molecule has 0 bridgehead atoms. The lowest BCUT2D eigenvalue weighted by molar-refractivity contribution is 0.229. The lowest BCUT2D eigenvalue weighted by Crippen LogP contribution is -2.07. The molecule has 0 fully saturated rings. The van der Waals surface area contributed by atoms with Crippen molar-refractivity contribution >= 4 is 11.6 Å². The summed E-state index contributed by atoms with van der Waals surface area (Å²) in [6.45, 7) is 3.73. The first kappa shape index (κ1) is 12.1. The average molecular weight is 231 g/mol. The highest BCUT2D eigenvalue weighted by Crippen LogP contribution is 2.33. The lowest BCUT2D eigenvalue weighted by Gasteiger charge is -2.15. The molecule has 0 aromatic heterocycles. The molecule has 0 heterocycles. The summed E-state index contributed by atoms with van der Waals surface area (Å²) in [5.74, 6) is 1.17. The van der Waals surface area contributed by atoms with Crippen LogP contribution < -0.4 is 9.47 Å². The maximum atomic E-state index is 9.03. The van der Waals surface area contributed by atoms with Crippen LogP contribution in [0.1, 0.15) is 19.4 Å². The number of rotatable bonds is 4. The van der Waals surface area contributed by atoms with Gasteiger partial charge in [-0.2, -0.15) is 0 Å². The van der Waals surface area contributed by atoms with Gasteiger partial charge in [0, 0.05) is 6.07 Å². The Balaban J connectivity index is 3.09. The van der Waals surface area contributed by atoms with E-state index in [0.29, 0.717) is 22.1 Å². The minimum atomic E-state index is -0.114. The molecule has 15 heavy (non-hydrogen) atoms. The van der Waals surface area contributed by atoms with Crippen molar-refractivity contribution in [2.45, 2.75) is 26.6 Å². The van der Waals surface area contributed by atoms with Crippen molar-refractivity contribution < 1.29 is 14.6 Å². The van der Waals surface area contributed by atoms with Gasteiger partial charge in [0.15, 0.2) is 11.5 Å². The summed E-state index contributed by atoms with van der Waals surface area (Å²) in [5, 5.41) is 9.51. The fraction of sp³-hybridized carbons (Fsp3) is 0.455. The zero-order valence-corrected chi connectivity index (χ0v) is 9.84. The molecular formula is C11H15ClO3. The minimum absolute atomic E-state index is 0.0509. The second-order valence-electron chi connectivity index (χ2n) is 3.42. The van der Waals surface area contributed by atoms with E-state index in [9.17, 15) is 0 Å². The lowest BCUT2D eigenvalue weighted by atomic mass is 10.2. The topological polar surface area (TPSA) is 38.7 Å². The summed E-state index contributed by atoms with van der Waals surface area (Å²) < 4.78 is 10.7. The van der Waals surface area contributed by atoms with Crippen LogP contribution in [-0.4, -0.2) is 18.3 Å². The van der Waals surface area contributed by atoms with Crippen LogP contribution in [0.5, 0.6) is 11.5 Å². The van der Waals surface area contributed by atoms with Crippen molar-refractivity contribution in [1.82, 2.24) is 0 Å². The number of aliphatic hydroxyl groups is 1. The molecule has 1 N–H and O–H groups in total. The van der Waals surface area contributed by atoms with Gasteiger partial charge < -0.3 is 14.6 Å². The smallest absolute Gasteiger partial charge is 0.163 e. The van der Waals surface area contributed by atoms with Gasteiger partial charge in [0.1, 0.15) is 0 Å². The SMILES string of the molecule is COc1cc(CO)c(Cl)cc1OC(C)C. The van der Waals surface area contributed by atoms with Gasteiger partial charge in [0.25, 0.3) is 0 Å². The first-order valence-electron chi connectivity index (χ1n) is 4.72. The molecule has 0 saturated heterocycles. The Morgan fingerprint density at radius 2 is 2.00 bits per heavy atom. The molecule has 0 aliphatic heterocycles. The monoisotopic (exact) mass is 230 g/mol. The summed E-state index contributed by atoms with van der Waals surface area (Å²) in [6.07, 6.45) is 0.0509. The molecule has 0 aliphatic rings. The van der Waals surface area contributed by atoms with Crippen LogP contribution in [0.15, 0.2) is 12.1 Å². The van der Waals surface area contributed by atoms with E-state index >= 15 is 0 Å². The van der Waals surface area contributed by atoms with Gasteiger partial charge in [-0.15, -0.1) is 0 Å². The predicted molar refractivity (Wildman–Crippen MR) is 59.7 cm³/mol. The molecule has 1 aromatic carbocycles. The molecule has 0 atom stereocenters. The maximum Gasteiger partial charge on any atom is 0.163 e. The van der Waals surface area contributed by atoms with E-state index < -0.39 is 0 Å².